The molecular formula is C20H20FN3O2S. The zero-order valence-electron chi connectivity index (χ0n) is 14.8. The lowest BCUT2D eigenvalue weighted by molar-refractivity contribution is 0.129. The van der Waals surface area contributed by atoms with Gasteiger partial charge in [0.1, 0.15) is 6.61 Å². The maximum Gasteiger partial charge on any atom is 0.196 e. The van der Waals surface area contributed by atoms with Crippen LogP contribution in [-0.4, -0.2) is 33.2 Å². The van der Waals surface area contributed by atoms with Crippen molar-refractivity contribution in [2.75, 3.05) is 12.4 Å². The topological polar surface area (TPSA) is 49.2 Å². The van der Waals surface area contributed by atoms with E-state index in [4.69, 9.17) is 9.47 Å². The Morgan fingerprint density at radius 1 is 1.11 bits per heavy atom. The average molecular weight is 385 g/mol. The van der Waals surface area contributed by atoms with Gasteiger partial charge in [-0.3, -0.25) is 4.57 Å². The minimum absolute atomic E-state index is 0.128. The van der Waals surface area contributed by atoms with E-state index in [9.17, 15) is 4.39 Å². The first-order valence-corrected chi connectivity index (χ1v) is 9.91. The van der Waals surface area contributed by atoms with Crippen LogP contribution in [0.2, 0.25) is 0 Å². The van der Waals surface area contributed by atoms with Gasteiger partial charge in [-0.25, -0.2) is 4.39 Å². The second-order valence-corrected chi connectivity index (χ2v) is 7.22. The van der Waals surface area contributed by atoms with Gasteiger partial charge in [-0.05, 0) is 37.1 Å². The maximum atomic E-state index is 13.8. The van der Waals surface area contributed by atoms with Crippen molar-refractivity contribution in [3.05, 3.63) is 66.2 Å². The molecule has 1 aromatic heterocycles. The van der Waals surface area contributed by atoms with Crippen LogP contribution in [0.3, 0.4) is 0 Å². The molecule has 27 heavy (non-hydrogen) atoms. The fraction of sp³-hybridized carbons (Fsp3) is 0.300. The first kappa shape index (κ1) is 18.0. The number of hydrogen-bond donors (Lipinski definition) is 0. The SMILES string of the molecule is Fc1ccccc1OCc1nnc(SCC2CCCO2)n1-c1ccccc1. The monoisotopic (exact) mass is 385 g/mol. The van der Waals surface area contributed by atoms with Crippen molar-refractivity contribution in [2.24, 2.45) is 0 Å². The van der Waals surface area contributed by atoms with E-state index in [2.05, 4.69) is 10.2 Å². The molecule has 0 N–H and O–H groups in total. The minimum atomic E-state index is -0.392. The van der Waals surface area contributed by atoms with Gasteiger partial charge >= 0.3 is 0 Å². The number of benzene rings is 2. The summed E-state index contributed by atoms with van der Waals surface area (Å²) in [5.74, 6) is 1.27. The summed E-state index contributed by atoms with van der Waals surface area (Å²) in [6, 6.07) is 16.2. The standard InChI is InChI=1S/C20H20FN3O2S/c21-17-10-4-5-11-18(17)26-13-19-22-23-20(27-14-16-9-6-12-25-16)24(19)15-7-2-1-3-8-15/h1-5,7-8,10-11,16H,6,9,12-14H2. The molecule has 3 aromatic rings. The van der Waals surface area contributed by atoms with E-state index >= 15 is 0 Å². The molecule has 4 rings (SSSR count). The third kappa shape index (κ3) is 4.31. The smallest absolute Gasteiger partial charge is 0.196 e. The maximum absolute atomic E-state index is 13.8. The molecule has 0 amide bonds. The molecule has 1 aliphatic heterocycles. The molecule has 0 aliphatic carbocycles. The Kier molecular flexibility index (Phi) is 5.69. The number of rotatable bonds is 7. The Bertz CT molecular complexity index is 882. The molecule has 2 aromatic carbocycles. The van der Waals surface area contributed by atoms with Crippen molar-refractivity contribution in [3.8, 4) is 11.4 Å². The summed E-state index contributed by atoms with van der Waals surface area (Å²) < 4.78 is 27.1. The van der Waals surface area contributed by atoms with Crippen LogP contribution in [0.4, 0.5) is 4.39 Å². The molecule has 0 bridgehead atoms. The molecular weight excluding hydrogens is 365 g/mol. The molecule has 1 aliphatic rings. The van der Waals surface area contributed by atoms with E-state index in [1.54, 1.807) is 30.0 Å². The van der Waals surface area contributed by atoms with Crippen molar-refractivity contribution >= 4 is 11.8 Å². The molecule has 2 heterocycles. The summed E-state index contributed by atoms with van der Waals surface area (Å²) in [6.07, 6.45) is 2.45. The molecule has 0 saturated carbocycles. The number of para-hydroxylation sites is 2. The molecule has 1 atom stereocenters. The molecule has 7 heteroatoms. The first-order chi connectivity index (χ1) is 13.3. The predicted molar refractivity (Wildman–Crippen MR) is 102 cm³/mol. The van der Waals surface area contributed by atoms with Gasteiger partial charge in [0.05, 0.1) is 6.10 Å². The highest BCUT2D eigenvalue weighted by atomic mass is 32.2. The molecule has 0 spiro atoms. The summed E-state index contributed by atoms with van der Waals surface area (Å²) in [5.41, 5.74) is 0.949. The Labute approximate surface area is 161 Å². The van der Waals surface area contributed by atoms with Gasteiger partial charge in [-0.2, -0.15) is 0 Å². The fourth-order valence-electron chi connectivity index (χ4n) is 2.97. The quantitative estimate of drug-likeness (QED) is 0.569. The summed E-state index contributed by atoms with van der Waals surface area (Å²) >= 11 is 1.62. The van der Waals surface area contributed by atoms with Gasteiger partial charge in [0.25, 0.3) is 0 Å². The van der Waals surface area contributed by atoms with E-state index in [-0.39, 0.29) is 18.5 Å². The second kappa shape index (κ2) is 8.54. The number of halogens is 1. The van der Waals surface area contributed by atoms with E-state index in [0.29, 0.717) is 5.82 Å². The number of hydrogen-bond acceptors (Lipinski definition) is 5. The fourth-order valence-corrected chi connectivity index (χ4v) is 4.01. The van der Waals surface area contributed by atoms with Crippen LogP contribution in [0.25, 0.3) is 5.69 Å². The van der Waals surface area contributed by atoms with Gasteiger partial charge < -0.3 is 9.47 Å². The summed E-state index contributed by atoms with van der Waals surface area (Å²) in [5, 5.41) is 9.40. The summed E-state index contributed by atoms with van der Waals surface area (Å²) in [6.45, 7) is 0.960. The lowest BCUT2D eigenvalue weighted by atomic mass is 10.3. The third-order valence-corrected chi connectivity index (χ3v) is 5.39. The normalized spacial score (nSPS) is 16.6. The van der Waals surface area contributed by atoms with Crippen molar-refractivity contribution in [1.82, 2.24) is 14.8 Å². The van der Waals surface area contributed by atoms with Gasteiger partial charge in [0.2, 0.25) is 0 Å². The van der Waals surface area contributed by atoms with E-state index in [0.717, 1.165) is 36.0 Å². The van der Waals surface area contributed by atoms with Crippen molar-refractivity contribution in [1.29, 1.82) is 0 Å². The Morgan fingerprint density at radius 3 is 2.70 bits per heavy atom. The molecule has 5 nitrogen and oxygen atoms in total. The van der Waals surface area contributed by atoms with Gasteiger partial charge in [-0.15, -0.1) is 10.2 Å². The number of aromatic nitrogens is 3. The Morgan fingerprint density at radius 2 is 1.93 bits per heavy atom. The van der Waals surface area contributed by atoms with Crippen LogP contribution < -0.4 is 4.74 Å². The molecule has 1 saturated heterocycles. The van der Waals surface area contributed by atoms with E-state index in [1.165, 1.54) is 6.07 Å². The zero-order chi connectivity index (χ0) is 18.5. The third-order valence-electron chi connectivity index (χ3n) is 4.33. The van der Waals surface area contributed by atoms with Gasteiger partial charge in [0.15, 0.2) is 22.5 Å². The predicted octanol–water partition coefficient (Wildman–Crippen LogP) is 4.26. The lowest BCUT2D eigenvalue weighted by Gasteiger charge is -2.12. The van der Waals surface area contributed by atoms with Crippen LogP contribution >= 0.6 is 11.8 Å². The summed E-state index contributed by atoms with van der Waals surface area (Å²) in [4.78, 5) is 0. The van der Waals surface area contributed by atoms with E-state index < -0.39 is 5.82 Å². The lowest BCUT2D eigenvalue weighted by Crippen LogP contribution is -2.10. The Hall–Kier alpha value is -2.38. The largest absolute Gasteiger partial charge is 0.483 e. The van der Waals surface area contributed by atoms with Crippen LogP contribution in [-0.2, 0) is 11.3 Å². The molecule has 1 unspecified atom stereocenters. The number of ether oxygens (including phenoxy) is 2. The highest BCUT2D eigenvalue weighted by Gasteiger charge is 2.20. The molecule has 140 valence electrons. The summed E-state index contributed by atoms with van der Waals surface area (Å²) in [7, 11) is 0. The highest BCUT2D eigenvalue weighted by Crippen LogP contribution is 2.26. The van der Waals surface area contributed by atoms with Crippen molar-refractivity contribution in [2.45, 2.75) is 30.7 Å². The van der Waals surface area contributed by atoms with Crippen LogP contribution in [0, 0.1) is 5.82 Å². The number of nitrogens with zero attached hydrogens (tertiary/aromatic N) is 3. The van der Waals surface area contributed by atoms with E-state index in [1.807, 2.05) is 34.9 Å². The van der Waals surface area contributed by atoms with Gasteiger partial charge in [0, 0.05) is 18.0 Å². The van der Waals surface area contributed by atoms with Crippen molar-refractivity contribution in [3.63, 3.8) is 0 Å². The molecule has 0 radical (unpaired) electrons. The zero-order valence-corrected chi connectivity index (χ0v) is 15.6. The minimum Gasteiger partial charge on any atom is -0.483 e. The Balaban J connectivity index is 1.56. The second-order valence-electron chi connectivity index (χ2n) is 6.23. The molecule has 1 fully saturated rings. The van der Waals surface area contributed by atoms with Gasteiger partial charge in [-0.1, -0.05) is 42.1 Å². The average Bonchev–Trinajstić information content (AvgIpc) is 3.36. The first-order valence-electron chi connectivity index (χ1n) is 8.93. The highest BCUT2D eigenvalue weighted by molar-refractivity contribution is 7.99. The van der Waals surface area contributed by atoms with Crippen molar-refractivity contribution < 1.29 is 13.9 Å². The number of thioether (sulfide) groups is 1. The van der Waals surface area contributed by atoms with Crippen LogP contribution in [0.5, 0.6) is 5.75 Å². The van der Waals surface area contributed by atoms with Crippen LogP contribution in [0.15, 0.2) is 59.8 Å². The van der Waals surface area contributed by atoms with Crippen LogP contribution in [0.1, 0.15) is 18.7 Å².